The molecular formula is C17H17ClN2O. The number of likely N-dealkylation sites (N-methyl/N-ethyl adjacent to an activating group) is 1. The lowest BCUT2D eigenvalue weighted by atomic mass is 9.94. The second-order valence-corrected chi connectivity index (χ2v) is 5.95. The van der Waals surface area contributed by atoms with E-state index in [2.05, 4.69) is 0 Å². The lowest BCUT2D eigenvalue weighted by molar-refractivity contribution is -0.120. The third-order valence-electron chi connectivity index (χ3n) is 4.14. The molecule has 0 bridgehead atoms. The molecule has 2 N–H and O–H groups in total. The van der Waals surface area contributed by atoms with Gasteiger partial charge in [-0.05, 0) is 36.6 Å². The maximum Gasteiger partial charge on any atom is 0.237 e. The number of amides is 1. The Kier molecular flexibility index (Phi) is 3.38. The molecule has 1 fully saturated rings. The topological polar surface area (TPSA) is 46.3 Å². The first-order valence-corrected chi connectivity index (χ1v) is 7.31. The molecule has 1 amide bonds. The predicted molar refractivity (Wildman–Crippen MR) is 86.6 cm³/mol. The molecule has 1 saturated carbocycles. The van der Waals surface area contributed by atoms with Gasteiger partial charge in [0.1, 0.15) is 0 Å². The van der Waals surface area contributed by atoms with Gasteiger partial charge in [0, 0.05) is 12.1 Å². The Morgan fingerprint density at radius 1 is 1.19 bits per heavy atom. The van der Waals surface area contributed by atoms with Gasteiger partial charge in [-0.2, -0.15) is 0 Å². The molecule has 0 heterocycles. The molecule has 0 saturated heterocycles. The first-order chi connectivity index (χ1) is 10.0. The minimum absolute atomic E-state index is 0.0719. The van der Waals surface area contributed by atoms with Crippen molar-refractivity contribution in [3.8, 4) is 0 Å². The molecule has 3 rings (SSSR count). The van der Waals surface area contributed by atoms with E-state index in [0.29, 0.717) is 16.4 Å². The number of anilines is 2. The fourth-order valence-corrected chi connectivity index (χ4v) is 2.91. The Morgan fingerprint density at radius 3 is 2.48 bits per heavy atom. The van der Waals surface area contributed by atoms with E-state index in [4.69, 9.17) is 17.3 Å². The summed E-state index contributed by atoms with van der Waals surface area (Å²) in [7, 11) is 1.76. The minimum Gasteiger partial charge on any atom is -0.397 e. The molecule has 1 aliphatic carbocycles. The zero-order valence-corrected chi connectivity index (χ0v) is 12.6. The van der Waals surface area contributed by atoms with Crippen LogP contribution in [0.3, 0.4) is 0 Å². The van der Waals surface area contributed by atoms with E-state index in [9.17, 15) is 4.79 Å². The highest BCUT2D eigenvalue weighted by molar-refractivity contribution is 6.31. The molecule has 1 aliphatic rings. The SMILES string of the molecule is CN(C(=O)C1(c2ccccc2)CC1)c1cc(Cl)ccc1N. The summed E-state index contributed by atoms with van der Waals surface area (Å²) in [5, 5.41) is 0.573. The second-order valence-electron chi connectivity index (χ2n) is 5.52. The zero-order chi connectivity index (χ0) is 15.0. The molecule has 0 radical (unpaired) electrons. The van der Waals surface area contributed by atoms with Crippen LogP contribution in [0.2, 0.25) is 5.02 Å². The van der Waals surface area contributed by atoms with Crippen molar-refractivity contribution >= 4 is 28.9 Å². The van der Waals surface area contributed by atoms with Crippen LogP contribution in [0.25, 0.3) is 0 Å². The van der Waals surface area contributed by atoms with Crippen LogP contribution in [0.4, 0.5) is 11.4 Å². The average Bonchev–Trinajstić information content (AvgIpc) is 3.31. The zero-order valence-electron chi connectivity index (χ0n) is 11.8. The van der Waals surface area contributed by atoms with E-state index in [1.54, 1.807) is 30.1 Å². The highest BCUT2D eigenvalue weighted by atomic mass is 35.5. The second kappa shape index (κ2) is 5.08. The summed E-state index contributed by atoms with van der Waals surface area (Å²) in [5.41, 5.74) is 7.87. The summed E-state index contributed by atoms with van der Waals surface area (Å²) < 4.78 is 0. The Morgan fingerprint density at radius 2 is 1.86 bits per heavy atom. The Hall–Kier alpha value is -2.00. The van der Waals surface area contributed by atoms with Crippen molar-refractivity contribution in [2.24, 2.45) is 0 Å². The Bertz CT molecular complexity index is 680. The molecule has 0 unspecified atom stereocenters. The first kappa shape index (κ1) is 14.0. The van der Waals surface area contributed by atoms with Gasteiger partial charge in [-0.1, -0.05) is 41.9 Å². The number of benzene rings is 2. The number of hydrogen-bond donors (Lipinski definition) is 1. The summed E-state index contributed by atoms with van der Waals surface area (Å²) >= 11 is 6.02. The first-order valence-electron chi connectivity index (χ1n) is 6.93. The highest BCUT2D eigenvalue weighted by Crippen LogP contribution is 2.50. The molecule has 3 nitrogen and oxygen atoms in total. The van der Waals surface area contributed by atoms with Gasteiger partial charge in [0.25, 0.3) is 0 Å². The van der Waals surface area contributed by atoms with E-state index >= 15 is 0 Å². The lowest BCUT2D eigenvalue weighted by Gasteiger charge is -2.25. The van der Waals surface area contributed by atoms with E-state index in [1.807, 2.05) is 30.3 Å². The van der Waals surface area contributed by atoms with Gasteiger partial charge in [-0.3, -0.25) is 4.79 Å². The van der Waals surface area contributed by atoms with Crippen molar-refractivity contribution in [3.05, 3.63) is 59.1 Å². The number of carbonyl (C=O) groups excluding carboxylic acids is 1. The minimum atomic E-state index is -0.398. The van der Waals surface area contributed by atoms with Crippen LogP contribution in [0, 0.1) is 0 Å². The number of nitrogens with zero attached hydrogens (tertiary/aromatic N) is 1. The summed E-state index contributed by atoms with van der Waals surface area (Å²) in [6.45, 7) is 0. The van der Waals surface area contributed by atoms with Gasteiger partial charge in [-0.15, -0.1) is 0 Å². The Balaban J connectivity index is 1.94. The summed E-state index contributed by atoms with van der Waals surface area (Å²) in [4.78, 5) is 14.5. The van der Waals surface area contributed by atoms with Crippen LogP contribution < -0.4 is 10.6 Å². The lowest BCUT2D eigenvalue weighted by Crippen LogP contribution is -2.37. The van der Waals surface area contributed by atoms with Gasteiger partial charge >= 0.3 is 0 Å². The summed E-state index contributed by atoms with van der Waals surface area (Å²) in [5.74, 6) is 0.0719. The van der Waals surface area contributed by atoms with Crippen LogP contribution in [-0.2, 0) is 10.2 Å². The van der Waals surface area contributed by atoms with Gasteiger partial charge in [0.2, 0.25) is 5.91 Å². The molecule has 2 aromatic rings. The highest BCUT2D eigenvalue weighted by Gasteiger charge is 2.52. The fourth-order valence-electron chi connectivity index (χ4n) is 2.75. The monoisotopic (exact) mass is 300 g/mol. The molecule has 4 heteroatoms. The van der Waals surface area contributed by atoms with Crippen LogP contribution in [-0.4, -0.2) is 13.0 Å². The number of nitrogen functional groups attached to an aromatic ring is 1. The van der Waals surface area contributed by atoms with Crippen LogP contribution >= 0.6 is 11.6 Å². The van der Waals surface area contributed by atoms with Crippen molar-refractivity contribution in [2.45, 2.75) is 18.3 Å². The number of halogens is 1. The maximum atomic E-state index is 12.9. The van der Waals surface area contributed by atoms with Crippen molar-refractivity contribution < 1.29 is 4.79 Å². The average molecular weight is 301 g/mol. The number of rotatable bonds is 3. The van der Waals surface area contributed by atoms with E-state index in [0.717, 1.165) is 18.4 Å². The van der Waals surface area contributed by atoms with Gasteiger partial charge < -0.3 is 10.6 Å². The summed E-state index contributed by atoms with van der Waals surface area (Å²) in [6, 6.07) is 15.1. The summed E-state index contributed by atoms with van der Waals surface area (Å²) in [6.07, 6.45) is 1.75. The maximum absolute atomic E-state index is 12.9. The van der Waals surface area contributed by atoms with Crippen molar-refractivity contribution in [3.63, 3.8) is 0 Å². The third-order valence-corrected chi connectivity index (χ3v) is 4.38. The number of hydrogen-bond acceptors (Lipinski definition) is 2. The Labute approximate surface area is 129 Å². The van der Waals surface area contributed by atoms with Crippen LogP contribution in [0.5, 0.6) is 0 Å². The normalized spacial score (nSPS) is 15.5. The smallest absolute Gasteiger partial charge is 0.237 e. The molecule has 0 atom stereocenters. The molecule has 21 heavy (non-hydrogen) atoms. The third kappa shape index (κ3) is 2.38. The van der Waals surface area contributed by atoms with E-state index in [1.165, 1.54) is 0 Å². The predicted octanol–water partition coefficient (Wildman–Crippen LogP) is 3.62. The molecule has 0 aliphatic heterocycles. The molecule has 108 valence electrons. The number of nitrogens with two attached hydrogens (primary N) is 1. The van der Waals surface area contributed by atoms with E-state index in [-0.39, 0.29) is 5.91 Å². The largest absolute Gasteiger partial charge is 0.397 e. The molecule has 0 aromatic heterocycles. The van der Waals surface area contributed by atoms with Gasteiger partial charge in [0.15, 0.2) is 0 Å². The van der Waals surface area contributed by atoms with Crippen molar-refractivity contribution in [1.82, 2.24) is 0 Å². The quantitative estimate of drug-likeness (QED) is 0.880. The van der Waals surface area contributed by atoms with Gasteiger partial charge in [0.05, 0.1) is 16.8 Å². The van der Waals surface area contributed by atoms with Gasteiger partial charge in [-0.25, -0.2) is 0 Å². The van der Waals surface area contributed by atoms with Crippen molar-refractivity contribution in [2.75, 3.05) is 17.7 Å². The number of carbonyl (C=O) groups is 1. The van der Waals surface area contributed by atoms with Crippen molar-refractivity contribution in [1.29, 1.82) is 0 Å². The molecular weight excluding hydrogens is 284 g/mol. The fraction of sp³-hybridized carbons (Fsp3) is 0.235. The van der Waals surface area contributed by atoms with Crippen LogP contribution in [0.15, 0.2) is 48.5 Å². The molecule has 0 spiro atoms. The van der Waals surface area contributed by atoms with E-state index < -0.39 is 5.41 Å². The molecule has 2 aromatic carbocycles. The van der Waals surface area contributed by atoms with Crippen LogP contribution in [0.1, 0.15) is 18.4 Å². The standard InChI is InChI=1S/C17H17ClN2O/c1-20(15-11-13(18)7-8-14(15)19)16(21)17(9-10-17)12-5-3-2-4-6-12/h2-8,11H,9-10,19H2,1H3.